The van der Waals surface area contributed by atoms with Gasteiger partial charge in [0.2, 0.25) is 0 Å². The first kappa shape index (κ1) is 15.4. The number of thiol groups is 3. The van der Waals surface area contributed by atoms with Gasteiger partial charge in [-0.3, -0.25) is 0 Å². The lowest BCUT2D eigenvalue weighted by Gasteiger charge is -2.11. The van der Waals surface area contributed by atoms with E-state index in [2.05, 4.69) is 37.9 Å². The summed E-state index contributed by atoms with van der Waals surface area (Å²) in [6.45, 7) is 1.59. The highest BCUT2D eigenvalue weighted by Crippen LogP contribution is 1.96. The fraction of sp³-hybridized carbons (Fsp3) is 1.00. The maximum absolute atomic E-state index is 8.75. The number of rotatable bonds is 3. The summed E-state index contributed by atoms with van der Waals surface area (Å²) < 4.78 is 0. The lowest BCUT2D eigenvalue weighted by molar-refractivity contribution is 0.0504. The van der Waals surface area contributed by atoms with E-state index in [9.17, 15) is 0 Å². The molecule has 0 amide bonds. The topological polar surface area (TPSA) is 60.7 Å². The Bertz CT molecular complexity index is 81.4. The first-order valence-electron chi connectivity index (χ1n) is 3.39. The molecule has 0 heterocycles. The van der Waals surface area contributed by atoms with Crippen molar-refractivity contribution in [2.75, 3.05) is 11.5 Å². The summed E-state index contributed by atoms with van der Waals surface area (Å²) in [5.41, 5.74) is -0.472. The van der Waals surface area contributed by atoms with E-state index in [0.29, 0.717) is 0 Å². The van der Waals surface area contributed by atoms with Gasteiger partial charge in [-0.05, 0) is 6.92 Å². The minimum absolute atomic E-state index is 0.279. The summed E-state index contributed by atoms with van der Waals surface area (Å²) in [7, 11) is 0. The third-order valence-corrected chi connectivity index (χ3v) is 1.57. The van der Waals surface area contributed by atoms with Gasteiger partial charge in [-0.1, -0.05) is 0 Å². The zero-order chi connectivity index (χ0) is 10.1. The SMILES string of the molecule is CC(O)S.O[C@H](CS)[C@H](O)CS. The van der Waals surface area contributed by atoms with Crippen molar-refractivity contribution in [3.8, 4) is 0 Å². The van der Waals surface area contributed by atoms with Crippen LogP contribution in [0.4, 0.5) is 0 Å². The van der Waals surface area contributed by atoms with Crippen molar-refractivity contribution in [2.24, 2.45) is 0 Å². The van der Waals surface area contributed by atoms with Crippen molar-refractivity contribution in [3.63, 3.8) is 0 Å². The van der Waals surface area contributed by atoms with Gasteiger partial charge in [0.05, 0.1) is 17.6 Å². The second-order valence-corrected chi connectivity index (χ2v) is 3.61. The Kier molecular flexibility index (Phi) is 12.9. The van der Waals surface area contributed by atoms with E-state index in [0.717, 1.165) is 0 Å². The third kappa shape index (κ3) is 13.5. The standard InChI is InChI=1S/C4H10O2S2.C2H6OS/c5-3(1-7)4(6)2-8;1-2(3)4/h3-8H,1-2H2;2-4H,1H3/t3-,4-;/m1./s1. The van der Waals surface area contributed by atoms with E-state index in [1.165, 1.54) is 0 Å². The predicted molar refractivity (Wildman–Crippen MR) is 60.4 cm³/mol. The molecular formula is C6H16O3S3. The highest BCUT2D eigenvalue weighted by atomic mass is 32.1. The summed E-state index contributed by atoms with van der Waals surface area (Å²) in [6.07, 6.45) is -1.48. The van der Waals surface area contributed by atoms with Crippen LogP contribution in [0.1, 0.15) is 6.92 Å². The molecule has 0 aromatic rings. The minimum Gasteiger partial charge on any atom is -0.390 e. The van der Waals surface area contributed by atoms with Gasteiger partial charge in [-0.15, -0.1) is 12.6 Å². The number of hydrogen-bond donors (Lipinski definition) is 6. The monoisotopic (exact) mass is 232 g/mol. The van der Waals surface area contributed by atoms with E-state index in [1.54, 1.807) is 6.92 Å². The van der Waals surface area contributed by atoms with Gasteiger partial charge in [-0.2, -0.15) is 25.3 Å². The van der Waals surface area contributed by atoms with Crippen LogP contribution in [-0.4, -0.2) is 44.5 Å². The second kappa shape index (κ2) is 10.0. The van der Waals surface area contributed by atoms with E-state index >= 15 is 0 Å². The summed E-state index contributed by atoms with van der Waals surface area (Å²) in [6, 6.07) is 0. The Morgan fingerprint density at radius 1 is 1.00 bits per heavy atom. The smallest absolute Gasteiger partial charge is 0.0936 e. The molecule has 3 atom stereocenters. The molecule has 6 heteroatoms. The van der Waals surface area contributed by atoms with Crippen molar-refractivity contribution >= 4 is 37.9 Å². The quantitative estimate of drug-likeness (QED) is 0.302. The number of aliphatic hydroxyl groups is 3. The molecule has 0 saturated heterocycles. The van der Waals surface area contributed by atoms with Crippen LogP contribution in [0.15, 0.2) is 0 Å². The highest BCUT2D eigenvalue weighted by molar-refractivity contribution is 7.80. The third-order valence-electron chi connectivity index (χ3n) is 0.818. The van der Waals surface area contributed by atoms with Gasteiger partial charge in [0, 0.05) is 11.5 Å². The van der Waals surface area contributed by atoms with Crippen LogP contribution < -0.4 is 0 Å². The zero-order valence-corrected chi connectivity index (χ0v) is 9.51. The molecule has 0 aromatic carbocycles. The largest absolute Gasteiger partial charge is 0.390 e. The molecule has 12 heavy (non-hydrogen) atoms. The molecule has 3 nitrogen and oxygen atoms in total. The van der Waals surface area contributed by atoms with Gasteiger partial charge in [0.15, 0.2) is 0 Å². The Hall–Kier alpha value is 0.930. The van der Waals surface area contributed by atoms with E-state index in [4.69, 9.17) is 15.3 Å². The van der Waals surface area contributed by atoms with Gasteiger partial charge >= 0.3 is 0 Å². The second-order valence-electron chi connectivity index (χ2n) is 2.13. The summed E-state index contributed by atoms with van der Waals surface area (Å²) in [5, 5.41) is 25.4. The Morgan fingerprint density at radius 3 is 1.25 bits per heavy atom. The summed E-state index contributed by atoms with van der Waals surface area (Å²) in [4.78, 5) is 0. The molecule has 76 valence electrons. The lowest BCUT2D eigenvalue weighted by atomic mass is 10.3. The molecular weight excluding hydrogens is 216 g/mol. The minimum atomic E-state index is -0.740. The number of hydrogen-bond acceptors (Lipinski definition) is 6. The molecule has 0 aliphatic heterocycles. The molecule has 0 aliphatic rings. The molecule has 3 N–H and O–H groups in total. The van der Waals surface area contributed by atoms with E-state index in [-0.39, 0.29) is 11.5 Å². The van der Waals surface area contributed by atoms with Crippen LogP contribution in [0, 0.1) is 0 Å². The molecule has 0 spiro atoms. The fourth-order valence-corrected chi connectivity index (χ4v) is 0.730. The van der Waals surface area contributed by atoms with Crippen LogP contribution in [0.2, 0.25) is 0 Å². The predicted octanol–water partition coefficient (Wildman–Crippen LogP) is -0.178. The van der Waals surface area contributed by atoms with Crippen molar-refractivity contribution in [1.82, 2.24) is 0 Å². The molecule has 0 aliphatic carbocycles. The molecule has 0 rings (SSSR count). The Labute approximate surface area is 89.4 Å². The zero-order valence-electron chi connectivity index (χ0n) is 6.83. The van der Waals surface area contributed by atoms with E-state index in [1.807, 2.05) is 0 Å². The van der Waals surface area contributed by atoms with Crippen LogP contribution in [0.3, 0.4) is 0 Å². The van der Waals surface area contributed by atoms with Crippen LogP contribution in [0.5, 0.6) is 0 Å². The van der Waals surface area contributed by atoms with E-state index < -0.39 is 17.6 Å². The lowest BCUT2D eigenvalue weighted by Crippen LogP contribution is -2.28. The Balaban J connectivity index is 0. The average Bonchev–Trinajstić information content (AvgIpc) is 2.00. The van der Waals surface area contributed by atoms with Gasteiger partial charge in [-0.25, -0.2) is 0 Å². The normalized spacial score (nSPS) is 17.2. The van der Waals surface area contributed by atoms with Crippen molar-refractivity contribution in [3.05, 3.63) is 0 Å². The fourth-order valence-electron chi connectivity index (χ4n) is 0.243. The molecule has 1 unspecified atom stereocenters. The van der Waals surface area contributed by atoms with Crippen molar-refractivity contribution < 1.29 is 15.3 Å². The highest BCUT2D eigenvalue weighted by Gasteiger charge is 2.10. The molecule has 0 aromatic heterocycles. The van der Waals surface area contributed by atoms with Gasteiger partial charge in [0.25, 0.3) is 0 Å². The molecule has 0 radical (unpaired) electrons. The maximum Gasteiger partial charge on any atom is 0.0936 e. The molecule has 0 saturated carbocycles. The van der Waals surface area contributed by atoms with Crippen molar-refractivity contribution in [1.29, 1.82) is 0 Å². The number of aliphatic hydroxyl groups excluding tert-OH is 3. The van der Waals surface area contributed by atoms with Crippen LogP contribution in [0.25, 0.3) is 0 Å². The summed E-state index contributed by atoms with van der Waals surface area (Å²) >= 11 is 11.1. The maximum atomic E-state index is 8.75. The van der Waals surface area contributed by atoms with Crippen molar-refractivity contribution in [2.45, 2.75) is 24.6 Å². The van der Waals surface area contributed by atoms with Gasteiger partial charge in [0.1, 0.15) is 0 Å². The van der Waals surface area contributed by atoms with Crippen LogP contribution in [-0.2, 0) is 0 Å². The van der Waals surface area contributed by atoms with Crippen LogP contribution >= 0.6 is 37.9 Å². The molecule has 0 bridgehead atoms. The van der Waals surface area contributed by atoms with Gasteiger partial charge < -0.3 is 15.3 Å². The molecule has 0 fully saturated rings. The average molecular weight is 232 g/mol. The summed E-state index contributed by atoms with van der Waals surface area (Å²) in [5.74, 6) is 0.559. The first-order chi connectivity index (χ1) is 5.45. The Morgan fingerprint density at radius 2 is 1.17 bits per heavy atom. The first-order valence-corrected chi connectivity index (χ1v) is 5.17.